The Morgan fingerprint density at radius 2 is 1.80 bits per heavy atom. The smallest absolute Gasteiger partial charge is 0.230 e. The lowest BCUT2D eigenvalue weighted by Crippen LogP contribution is -1.87. The van der Waals surface area contributed by atoms with Gasteiger partial charge >= 0.3 is 0 Å². The summed E-state index contributed by atoms with van der Waals surface area (Å²) in [6.45, 7) is 0. The van der Waals surface area contributed by atoms with Crippen molar-refractivity contribution in [3.63, 3.8) is 0 Å². The standard InChI is InChI=1S/C13H7Cl3N2OS/c14-7-3-1-6(2-4-7)10-11(18-19-13(10)17)8-5-9(15)20-12(8)16/h1-5H,17H2. The Morgan fingerprint density at radius 1 is 1.10 bits per heavy atom. The first-order valence-corrected chi connectivity index (χ1v) is 7.47. The molecular weight excluding hydrogens is 339 g/mol. The fourth-order valence-electron chi connectivity index (χ4n) is 1.88. The van der Waals surface area contributed by atoms with Crippen LogP contribution in [0.5, 0.6) is 0 Å². The van der Waals surface area contributed by atoms with Crippen LogP contribution >= 0.6 is 46.1 Å². The van der Waals surface area contributed by atoms with Gasteiger partial charge in [-0.15, -0.1) is 11.3 Å². The highest BCUT2D eigenvalue weighted by Gasteiger charge is 2.21. The van der Waals surface area contributed by atoms with E-state index in [1.807, 2.05) is 12.1 Å². The number of benzene rings is 1. The summed E-state index contributed by atoms with van der Waals surface area (Å²) in [7, 11) is 0. The van der Waals surface area contributed by atoms with Gasteiger partial charge in [0, 0.05) is 10.6 Å². The molecule has 0 bridgehead atoms. The fourth-order valence-corrected chi connectivity index (χ4v) is 3.48. The van der Waals surface area contributed by atoms with Crippen LogP contribution in [-0.4, -0.2) is 5.16 Å². The number of halogens is 3. The molecule has 20 heavy (non-hydrogen) atoms. The van der Waals surface area contributed by atoms with E-state index in [2.05, 4.69) is 5.16 Å². The van der Waals surface area contributed by atoms with Crippen LogP contribution in [-0.2, 0) is 0 Å². The third kappa shape index (κ3) is 2.40. The summed E-state index contributed by atoms with van der Waals surface area (Å²) in [4.78, 5) is 0. The monoisotopic (exact) mass is 344 g/mol. The highest BCUT2D eigenvalue weighted by molar-refractivity contribution is 7.20. The van der Waals surface area contributed by atoms with Crippen molar-refractivity contribution < 1.29 is 4.52 Å². The molecule has 0 fully saturated rings. The minimum Gasteiger partial charge on any atom is -0.367 e. The van der Waals surface area contributed by atoms with Crippen molar-refractivity contribution in [2.45, 2.75) is 0 Å². The van der Waals surface area contributed by atoms with Crippen molar-refractivity contribution in [3.8, 4) is 22.4 Å². The Balaban J connectivity index is 2.19. The molecule has 3 nitrogen and oxygen atoms in total. The number of hydrogen-bond donors (Lipinski definition) is 1. The largest absolute Gasteiger partial charge is 0.367 e. The lowest BCUT2D eigenvalue weighted by atomic mass is 10.0. The molecule has 2 aromatic heterocycles. The Kier molecular flexibility index (Phi) is 3.65. The van der Waals surface area contributed by atoms with Crippen molar-refractivity contribution >= 4 is 52.0 Å². The number of rotatable bonds is 2. The Labute approximate surface area is 133 Å². The number of thiophene rings is 1. The molecule has 0 radical (unpaired) electrons. The Morgan fingerprint density at radius 3 is 2.40 bits per heavy atom. The summed E-state index contributed by atoms with van der Waals surface area (Å²) in [5.74, 6) is 0.223. The molecule has 0 amide bonds. The molecule has 0 unspecified atom stereocenters. The average molecular weight is 346 g/mol. The van der Waals surface area contributed by atoms with Gasteiger partial charge in [0.1, 0.15) is 10.0 Å². The van der Waals surface area contributed by atoms with Crippen molar-refractivity contribution in [2.75, 3.05) is 5.73 Å². The van der Waals surface area contributed by atoms with Crippen molar-refractivity contribution in [1.29, 1.82) is 0 Å². The first-order chi connectivity index (χ1) is 9.56. The molecule has 0 atom stereocenters. The lowest BCUT2D eigenvalue weighted by molar-refractivity contribution is 0.439. The van der Waals surface area contributed by atoms with Crippen LogP contribution in [0.25, 0.3) is 22.4 Å². The van der Waals surface area contributed by atoms with E-state index >= 15 is 0 Å². The van der Waals surface area contributed by atoms with E-state index in [-0.39, 0.29) is 5.88 Å². The number of nitrogens with zero attached hydrogens (tertiary/aromatic N) is 1. The molecule has 2 heterocycles. The summed E-state index contributed by atoms with van der Waals surface area (Å²) in [6.07, 6.45) is 0. The number of nitrogen functional groups attached to an aromatic ring is 1. The van der Waals surface area contributed by atoms with E-state index in [0.29, 0.717) is 30.5 Å². The quantitative estimate of drug-likeness (QED) is 0.656. The van der Waals surface area contributed by atoms with Gasteiger partial charge in [-0.2, -0.15) is 0 Å². The predicted molar refractivity (Wildman–Crippen MR) is 84.7 cm³/mol. The van der Waals surface area contributed by atoms with Crippen molar-refractivity contribution in [2.24, 2.45) is 0 Å². The predicted octanol–water partition coefficient (Wildman–Crippen LogP) is 5.61. The van der Waals surface area contributed by atoms with Crippen LogP contribution in [0.2, 0.25) is 13.7 Å². The normalized spacial score (nSPS) is 10.9. The van der Waals surface area contributed by atoms with E-state index in [1.54, 1.807) is 18.2 Å². The number of aromatic nitrogens is 1. The van der Waals surface area contributed by atoms with Gasteiger partial charge in [-0.25, -0.2) is 0 Å². The second kappa shape index (κ2) is 5.30. The first kappa shape index (κ1) is 13.8. The molecule has 0 aliphatic heterocycles. The zero-order valence-electron chi connectivity index (χ0n) is 9.86. The van der Waals surface area contributed by atoms with Crippen LogP contribution in [0.1, 0.15) is 0 Å². The minimum atomic E-state index is 0.223. The maximum Gasteiger partial charge on any atom is 0.230 e. The van der Waals surface area contributed by atoms with Crippen molar-refractivity contribution in [1.82, 2.24) is 5.16 Å². The third-order valence-electron chi connectivity index (χ3n) is 2.76. The fraction of sp³-hybridized carbons (Fsp3) is 0. The molecular formula is C13H7Cl3N2OS. The van der Waals surface area contributed by atoms with Gasteiger partial charge in [0.15, 0.2) is 0 Å². The topological polar surface area (TPSA) is 52.0 Å². The molecule has 3 rings (SSSR count). The van der Waals surface area contributed by atoms with Gasteiger partial charge < -0.3 is 10.3 Å². The molecule has 2 N–H and O–H groups in total. The molecule has 3 aromatic rings. The average Bonchev–Trinajstić information content (AvgIpc) is 2.93. The molecule has 0 aliphatic carbocycles. The number of nitrogens with two attached hydrogens (primary N) is 1. The zero-order chi connectivity index (χ0) is 14.3. The van der Waals surface area contributed by atoms with Gasteiger partial charge in [-0.1, -0.05) is 52.1 Å². The third-order valence-corrected chi connectivity index (χ3v) is 4.50. The second-order valence-electron chi connectivity index (χ2n) is 4.02. The van der Waals surface area contributed by atoms with Gasteiger partial charge in [-0.05, 0) is 23.8 Å². The highest BCUT2D eigenvalue weighted by Crippen LogP contribution is 2.43. The Bertz CT molecular complexity index is 765. The van der Waals surface area contributed by atoms with Crippen LogP contribution < -0.4 is 5.73 Å². The van der Waals surface area contributed by atoms with Crippen LogP contribution in [0, 0.1) is 0 Å². The van der Waals surface area contributed by atoms with E-state index in [0.717, 1.165) is 5.56 Å². The van der Waals surface area contributed by atoms with Gasteiger partial charge in [0.2, 0.25) is 5.88 Å². The van der Waals surface area contributed by atoms with Gasteiger partial charge in [-0.3, -0.25) is 0 Å². The summed E-state index contributed by atoms with van der Waals surface area (Å²) in [5, 5.41) is 4.63. The summed E-state index contributed by atoms with van der Waals surface area (Å²) < 4.78 is 6.21. The van der Waals surface area contributed by atoms with Crippen LogP contribution in [0.4, 0.5) is 5.88 Å². The molecule has 0 saturated heterocycles. The van der Waals surface area contributed by atoms with E-state index in [1.165, 1.54) is 11.3 Å². The summed E-state index contributed by atoms with van der Waals surface area (Å²) in [5.41, 5.74) is 8.67. The first-order valence-electron chi connectivity index (χ1n) is 5.52. The molecule has 7 heteroatoms. The number of anilines is 1. The zero-order valence-corrected chi connectivity index (χ0v) is 12.9. The number of hydrogen-bond acceptors (Lipinski definition) is 4. The molecule has 102 valence electrons. The van der Waals surface area contributed by atoms with E-state index in [4.69, 9.17) is 45.1 Å². The highest BCUT2D eigenvalue weighted by atomic mass is 35.5. The summed E-state index contributed by atoms with van der Waals surface area (Å²) >= 11 is 19.3. The Hall–Kier alpha value is -1.20. The molecule has 1 aromatic carbocycles. The lowest BCUT2D eigenvalue weighted by Gasteiger charge is -2.02. The maximum atomic E-state index is 6.16. The second-order valence-corrected chi connectivity index (χ2v) is 6.74. The van der Waals surface area contributed by atoms with Crippen LogP contribution in [0.15, 0.2) is 34.9 Å². The van der Waals surface area contributed by atoms with Crippen molar-refractivity contribution in [3.05, 3.63) is 44.0 Å². The molecule has 0 aliphatic rings. The maximum absolute atomic E-state index is 6.16. The minimum absolute atomic E-state index is 0.223. The van der Waals surface area contributed by atoms with Crippen LogP contribution in [0.3, 0.4) is 0 Å². The SMILES string of the molecule is Nc1onc(-c2cc(Cl)sc2Cl)c1-c1ccc(Cl)cc1. The van der Waals surface area contributed by atoms with E-state index in [9.17, 15) is 0 Å². The van der Waals surface area contributed by atoms with E-state index < -0.39 is 0 Å². The molecule has 0 spiro atoms. The molecule has 0 saturated carbocycles. The van der Waals surface area contributed by atoms with Gasteiger partial charge in [0.25, 0.3) is 0 Å². The summed E-state index contributed by atoms with van der Waals surface area (Å²) in [6, 6.07) is 8.98. The van der Waals surface area contributed by atoms with Gasteiger partial charge in [0.05, 0.1) is 9.90 Å².